The first-order valence-electron chi connectivity index (χ1n) is 7.30. The summed E-state index contributed by atoms with van der Waals surface area (Å²) >= 11 is 0. The summed E-state index contributed by atoms with van der Waals surface area (Å²) in [7, 11) is -1.44. The number of rotatable bonds is 9. The highest BCUT2D eigenvalue weighted by Gasteiger charge is 2.22. The molecule has 0 unspecified atom stereocenters. The van der Waals surface area contributed by atoms with Gasteiger partial charge in [-0.3, -0.25) is 0 Å². The highest BCUT2D eigenvalue weighted by Crippen LogP contribution is 2.17. The molecule has 1 aromatic rings. The molecule has 0 aliphatic rings. The molecular formula is C15H26N2O2S. The Hall–Kier alpha value is -0.910. The smallest absolute Gasteiger partial charge is 0.243 e. The first kappa shape index (κ1) is 17.1. The molecule has 0 aromatic heterocycles. The van der Waals surface area contributed by atoms with E-state index < -0.39 is 10.0 Å². The van der Waals surface area contributed by atoms with E-state index in [9.17, 15) is 8.42 Å². The van der Waals surface area contributed by atoms with E-state index in [4.69, 9.17) is 0 Å². The van der Waals surface area contributed by atoms with Crippen LogP contribution in [0.15, 0.2) is 29.2 Å². The number of sulfonamides is 1. The van der Waals surface area contributed by atoms with Crippen LogP contribution in [-0.2, 0) is 16.4 Å². The van der Waals surface area contributed by atoms with Crippen LogP contribution in [0.3, 0.4) is 0 Å². The van der Waals surface area contributed by atoms with Crippen molar-refractivity contribution in [2.45, 2.75) is 38.0 Å². The summed E-state index contributed by atoms with van der Waals surface area (Å²) in [5.41, 5.74) is 1.15. The Morgan fingerprint density at radius 1 is 1.05 bits per heavy atom. The maximum atomic E-state index is 12.6. The second-order valence-corrected chi connectivity index (χ2v) is 6.84. The molecule has 114 valence electrons. The maximum absolute atomic E-state index is 12.6. The topological polar surface area (TPSA) is 49.4 Å². The minimum Gasteiger partial charge on any atom is -0.319 e. The molecule has 0 saturated heterocycles. The van der Waals surface area contributed by atoms with Crippen molar-refractivity contribution in [2.24, 2.45) is 0 Å². The van der Waals surface area contributed by atoms with Crippen LogP contribution in [0.2, 0.25) is 0 Å². The van der Waals surface area contributed by atoms with Gasteiger partial charge >= 0.3 is 0 Å². The van der Waals surface area contributed by atoms with Crippen LogP contribution in [0.1, 0.15) is 32.3 Å². The SMILES string of the molecule is CCCN(CCC)S(=O)(=O)c1ccc(CCNC)cc1. The van der Waals surface area contributed by atoms with E-state index in [0.717, 1.165) is 31.4 Å². The van der Waals surface area contributed by atoms with E-state index in [2.05, 4.69) is 5.32 Å². The van der Waals surface area contributed by atoms with E-state index in [-0.39, 0.29) is 0 Å². The Kier molecular flexibility index (Phi) is 7.19. The maximum Gasteiger partial charge on any atom is 0.243 e. The molecule has 0 spiro atoms. The highest BCUT2D eigenvalue weighted by molar-refractivity contribution is 7.89. The summed E-state index contributed by atoms with van der Waals surface area (Å²) in [4.78, 5) is 0.396. The minimum absolute atomic E-state index is 0.396. The average Bonchev–Trinajstić information content (AvgIpc) is 2.45. The van der Waals surface area contributed by atoms with E-state index in [1.807, 2.05) is 33.0 Å². The van der Waals surface area contributed by atoms with Crippen molar-refractivity contribution >= 4 is 10.0 Å². The lowest BCUT2D eigenvalue weighted by molar-refractivity contribution is 0.410. The van der Waals surface area contributed by atoms with Crippen molar-refractivity contribution in [1.29, 1.82) is 0 Å². The Bertz CT molecular complexity index is 477. The fourth-order valence-electron chi connectivity index (χ4n) is 2.10. The second-order valence-electron chi connectivity index (χ2n) is 4.90. The van der Waals surface area contributed by atoms with Gasteiger partial charge in [0, 0.05) is 13.1 Å². The predicted molar refractivity (Wildman–Crippen MR) is 83.4 cm³/mol. The van der Waals surface area contributed by atoms with Crippen LogP contribution < -0.4 is 5.32 Å². The Morgan fingerprint density at radius 3 is 2.05 bits per heavy atom. The van der Waals surface area contributed by atoms with Gasteiger partial charge in [0.2, 0.25) is 10.0 Å². The molecule has 0 fully saturated rings. The monoisotopic (exact) mass is 298 g/mol. The molecule has 0 saturated carbocycles. The van der Waals surface area contributed by atoms with Crippen LogP contribution in [0.4, 0.5) is 0 Å². The third kappa shape index (κ3) is 4.58. The van der Waals surface area contributed by atoms with E-state index in [1.54, 1.807) is 16.4 Å². The van der Waals surface area contributed by atoms with Crippen LogP contribution in [0.25, 0.3) is 0 Å². The lowest BCUT2D eigenvalue weighted by atomic mass is 10.1. The molecule has 0 bridgehead atoms. The Balaban J connectivity index is 2.90. The molecule has 1 N–H and O–H groups in total. The molecule has 0 aliphatic heterocycles. The lowest BCUT2D eigenvalue weighted by Crippen LogP contribution is -2.32. The molecule has 20 heavy (non-hydrogen) atoms. The highest BCUT2D eigenvalue weighted by atomic mass is 32.2. The van der Waals surface area contributed by atoms with Gasteiger partial charge in [-0.2, -0.15) is 4.31 Å². The standard InChI is InChI=1S/C15H26N2O2S/c1-4-12-17(13-5-2)20(18,19)15-8-6-14(7-9-15)10-11-16-3/h6-9,16H,4-5,10-13H2,1-3H3. The van der Waals surface area contributed by atoms with E-state index >= 15 is 0 Å². The number of likely N-dealkylation sites (N-methyl/N-ethyl adjacent to an activating group) is 1. The molecule has 0 aliphatic carbocycles. The minimum atomic E-state index is -3.34. The van der Waals surface area contributed by atoms with Crippen LogP contribution in [0.5, 0.6) is 0 Å². The summed E-state index contributed by atoms with van der Waals surface area (Å²) < 4.78 is 26.7. The van der Waals surface area contributed by atoms with Crippen molar-refractivity contribution in [3.05, 3.63) is 29.8 Å². The summed E-state index contributed by atoms with van der Waals surface area (Å²) in [6.07, 6.45) is 2.57. The van der Waals surface area contributed by atoms with Crippen molar-refractivity contribution in [3.8, 4) is 0 Å². The molecule has 5 heteroatoms. The van der Waals surface area contributed by atoms with Gasteiger partial charge in [0.1, 0.15) is 0 Å². The van der Waals surface area contributed by atoms with Gasteiger partial charge in [-0.1, -0.05) is 26.0 Å². The van der Waals surface area contributed by atoms with Gasteiger partial charge in [-0.25, -0.2) is 8.42 Å². The van der Waals surface area contributed by atoms with Gasteiger partial charge in [0.25, 0.3) is 0 Å². The quantitative estimate of drug-likeness (QED) is 0.761. The zero-order valence-corrected chi connectivity index (χ0v) is 13.5. The molecular weight excluding hydrogens is 272 g/mol. The summed E-state index contributed by atoms with van der Waals surface area (Å²) in [6, 6.07) is 7.25. The van der Waals surface area contributed by atoms with Gasteiger partial charge in [-0.15, -0.1) is 0 Å². The summed E-state index contributed by atoms with van der Waals surface area (Å²) in [6.45, 7) is 6.05. The lowest BCUT2D eigenvalue weighted by Gasteiger charge is -2.21. The summed E-state index contributed by atoms with van der Waals surface area (Å²) in [5, 5.41) is 3.09. The van der Waals surface area contributed by atoms with Crippen LogP contribution in [-0.4, -0.2) is 39.4 Å². The second kappa shape index (κ2) is 8.39. The third-order valence-corrected chi connectivity index (χ3v) is 5.08. The first-order valence-corrected chi connectivity index (χ1v) is 8.74. The zero-order valence-electron chi connectivity index (χ0n) is 12.7. The van der Waals surface area contributed by atoms with E-state index in [1.165, 1.54) is 0 Å². The first-order chi connectivity index (χ1) is 9.56. The molecule has 4 nitrogen and oxygen atoms in total. The Morgan fingerprint density at radius 2 is 1.60 bits per heavy atom. The van der Waals surface area contributed by atoms with E-state index in [0.29, 0.717) is 18.0 Å². The molecule has 1 aromatic carbocycles. The van der Waals surface area contributed by atoms with Crippen molar-refractivity contribution in [2.75, 3.05) is 26.7 Å². The third-order valence-electron chi connectivity index (χ3n) is 3.17. The van der Waals surface area contributed by atoms with Crippen molar-refractivity contribution < 1.29 is 8.42 Å². The van der Waals surface area contributed by atoms with Crippen molar-refractivity contribution in [1.82, 2.24) is 9.62 Å². The number of nitrogens with one attached hydrogen (secondary N) is 1. The average molecular weight is 298 g/mol. The largest absolute Gasteiger partial charge is 0.319 e. The number of hydrogen-bond donors (Lipinski definition) is 1. The van der Waals surface area contributed by atoms with Crippen LogP contribution in [0, 0.1) is 0 Å². The molecule has 1 rings (SSSR count). The normalized spacial score (nSPS) is 12.0. The Labute approximate surface area is 123 Å². The predicted octanol–water partition coefficient (Wildman–Crippen LogP) is 2.26. The molecule has 0 atom stereocenters. The van der Waals surface area contributed by atoms with Crippen molar-refractivity contribution in [3.63, 3.8) is 0 Å². The summed E-state index contributed by atoms with van der Waals surface area (Å²) in [5.74, 6) is 0. The number of hydrogen-bond acceptors (Lipinski definition) is 3. The molecule has 0 amide bonds. The zero-order chi connectivity index (χ0) is 15.0. The van der Waals surface area contributed by atoms with Crippen LogP contribution >= 0.6 is 0 Å². The van der Waals surface area contributed by atoms with Gasteiger partial charge < -0.3 is 5.32 Å². The van der Waals surface area contributed by atoms with Gasteiger partial charge in [-0.05, 0) is 50.6 Å². The van der Waals surface area contributed by atoms with Gasteiger partial charge in [0.15, 0.2) is 0 Å². The number of benzene rings is 1. The fraction of sp³-hybridized carbons (Fsp3) is 0.600. The fourth-order valence-corrected chi connectivity index (χ4v) is 3.72. The molecule has 0 heterocycles. The number of nitrogens with zero attached hydrogens (tertiary/aromatic N) is 1. The molecule has 0 radical (unpaired) electrons. The van der Waals surface area contributed by atoms with Gasteiger partial charge in [0.05, 0.1) is 4.90 Å².